The summed E-state index contributed by atoms with van der Waals surface area (Å²) in [4.78, 5) is 12.0. The molecule has 1 amide bonds. The normalized spacial score (nSPS) is 10.4. The molecule has 0 aliphatic heterocycles. The summed E-state index contributed by atoms with van der Waals surface area (Å²) in [5.41, 5.74) is 10.0. The van der Waals surface area contributed by atoms with Crippen molar-refractivity contribution in [2.24, 2.45) is 0 Å². The summed E-state index contributed by atoms with van der Waals surface area (Å²) in [5, 5.41) is 9.39. The third-order valence-corrected chi connectivity index (χ3v) is 2.84. The Labute approximate surface area is 105 Å². The van der Waals surface area contributed by atoms with Crippen LogP contribution in [0.15, 0.2) is 18.2 Å². The maximum absolute atomic E-state index is 12.0. The quantitative estimate of drug-likeness (QED) is 0.757. The van der Waals surface area contributed by atoms with Crippen LogP contribution in [0.4, 0.5) is 11.4 Å². The summed E-state index contributed by atoms with van der Waals surface area (Å²) in [6, 6.07) is 5.83. The van der Waals surface area contributed by atoms with Crippen LogP contribution in [0.5, 0.6) is 0 Å². The van der Waals surface area contributed by atoms with Crippen molar-refractivity contribution >= 4 is 17.3 Å². The number of anilines is 2. The molecule has 0 aliphatic carbocycles. The Bertz CT molecular complexity index is 601. The number of rotatable bonds is 2. The molecule has 94 valence electrons. The van der Waals surface area contributed by atoms with Crippen LogP contribution in [0.1, 0.15) is 27.3 Å². The highest BCUT2D eigenvalue weighted by Gasteiger charge is 2.15. The number of amides is 1. The topological polar surface area (TPSA) is 83.8 Å². The fraction of sp³-hybridized carbons (Fsp3) is 0.231. The SMILES string of the molecule is Cc1ccc(NC(=O)c2n[nH]c(C)c2N)c(C)c1. The molecule has 0 unspecified atom stereocenters. The molecule has 5 heteroatoms. The lowest BCUT2D eigenvalue weighted by molar-refractivity contribution is 0.102. The Morgan fingerprint density at radius 2 is 2.06 bits per heavy atom. The highest BCUT2D eigenvalue weighted by Crippen LogP contribution is 2.19. The Morgan fingerprint density at radius 1 is 1.33 bits per heavy atom. The number of aryl methyl sites for hydroxylation is 3. The Hall–Kier alpha value is -2.30. The summed E-state index contributed by atoms with van der Waals surface area (Å²) in [7, 11) is 0. The molecule has 1 aromatic carbocycles. The van der Waals surface area contributed by atoms with Crippen molar-refractivity contribution < 1.29 is 4.79 Å². The number of aromatic amines is 1. The van der Waals surface area contributed by atoms with E-state index in [9.17, 15) is 4.79 Å². The third kappa shape index (κ3) is 2.20. The lowest BCUT2D eigenvalue weighted by atomic mass is 10.1. The molecule has 0 spiro atoms. The maximum atomic E-state index is 12.0. The fourth-order valence-electron chi connectivity index (χ4n) is 1.75. The number of carbonyl (C=O) groups excluding carboxylic acids is 1. The molecule has 1 aromatic heterocycles. The molecule has 0 fully saturated rings. The van der Waals surface area contributed by atoms with Gasteiger partial charge in [-0.25, -0.2) is 0 Å². The molecule has 2 aromatic rings. The first-order valence-electron chi connectivity index (χ1n) is 5.68. The van der Waals surface area contributed by atoms with Crippen LogP contribution < -0.4 is 11.1 Å². The number of nitrogens with zero attached hydrogens (tertiary/aromatic N) is 1. The number of H-pyrrole nitrogens is 1. The van der Waals surface area contributed by atoms with E-state index in [0.717, 1.165) is 16.8 Å². The van der Waals surface area contributed by atoms with E-state index in [4.69, 9.17) is 5.73 Å². The van der Waals surface area contributed by atoms with E-state index >= 15 is 0 Å². The minimum Gasteiger partial charge on any atom is -0.395 e. The van der Waals surface area contributed by atoms with E-state index in [2.05, 4.69) is 15.5 Å². The van der Waals surface area contributed by atoms with Crippen molar-refractivity contribution in [3.8, 4) is 0 Å². The monoisotopic (exact) mass is 244 g/mol. The number of aromatic nitrogens is 2. The van der Waals surface area contributed by atoms with E-state index in [0.29, 0.717) is 11.4 Å². The second-order valence-corrected chi connectivity index (χ2v) is 4.38. The molecule has 0 atom stereocenters. The van der Waals surface area contributed by atoms with Crippen molar-refractivity contribution in [3.63, 3.8) is 0 Å². The fourth-order valence-corrected chi connectivity index (χ4v) is 1.75. The molecule has 0 saturated carbocycles. The van der Waals surface area contributed by atoms with Gasteiger partial charge < -0.3 is 11.1 Å². The Morgan fingerprint density at radius 3 is 2.61 bits per heavy atom. The standard InChI is InChI=1S/C13H16N4O/c1-7-4-5-10(8(2)6-7)15-13(18)12-11(14)9(3)16-17-12/h4-6H,14H2,1-3H3,(H,15,18)(H,16,17). The third-order valence-electron chi connectivity index (χ3n) is 2.84. The number of nitrogens with one attached hydrogen (secondary N) is 2. The van der Waals surface area contributed by atoms with Gasteiger partial charge in [0.1, 0.15) is 0 Å². The minimum absolute atomic E-state index is 0.229. The largest absolute Gasteiger partial charge is 0.395 e. The Balaban J connectivity index is 2.24. The average molecular weight is 244 g/mol. The van der Waals surface area contributed by atoms with Crippen molar-refractivity contribution in [2.75, 3.05) is 11.1 Å². The number of carbonyl (C=O) groups is 1. The summed E-state index contributed by atoms with van der Waals surface area (Å²) in [6.07, 6.45) is 0. The predicted octanol–water partition coefficient (Wildman–Crippen LogP) is 2.17. The van der Waals surface area contributed by atoms with E-state index in [1.165, 1.54) is 0 Å². The van der Waals surface area contributed by atoms with Crippen LogP contribution in [-0.2, 0) is 0 Å². The molecule has 1 heterocycles. The summed E-state index contributed by atoms with van der Waals surface area (Å²) < 4.78 is 0. The van der Waals surface area contributed by atoms with Gasteiger partial charge in [0.15, 0.2) is 5.69 Å². The van der Waals surface area contributed by atoms with Gasteiger partial charge in [-0.2, -0.15) is 5.10 Å². The summed E-state index contributed by atoms with van der Waals surface area (Å²) in [6.45, 7) is 5.73. The lowest BCUT2D eigenvalue weighted by Gasteiger charge is -2.08. The number of nitrogen functional groups attached to an aromatic ring is 1. The van der Waals surface area contributed by atoms with Gasteiger partial charge in [0.05, 0.1) is 11.4 Å². The van der Waals surface area contributed by atoms with Crippen LogP contribution in [0.2, 0.25) is 0 Å². The van der Waals surface area contributed by atoms with Crippen molar-refractivity contribution in [1.82, 2.24) is 10.2 Å². The highest BCUT2D eigenvalue weighted by molar-refractivity contribution is 6.06. The zero-order chi connectivity index (χ0) is 13.3. The number of hydrogen-bond acceptors (Lipinski definition) is 3. The Kier molecular flexibility index (Phi) is 3.06. The predicted molar refractivity (Wildman–Crippen MR) is 71.6 cm³/mol. The van der Waals surface area contributed by atoms with E-state index < -0.39 is 0 Å². The first-order chi connectivity index (χ1) is 8.49. The zero-order valence-corrected chi connectivity index (χ0v) is 10.7. The number of nitrogens with two attached hydrogens (primary N) is 1. The molecule has 5 nitrogen and oxygen atoms in total. The molecule has 0 radical (unpaired) electrons. The highest BCUT2D eigenvalue weighted by atomic mass is 16.2. The minimum atomic E-state index is -0.302. The van der Waals surface area contributed by atoms with Gasteiger partial charge in [-0.15, -0.1) is 0 Å². The first-order valence-corrected chi connectivity index (χ1v) is 5.68. The number of hydrogen-bond donors (Lipinski definition) is 3. The molecule has 0 aliphatic rings. The van der Waals surface area contributed by atoms with E-state index in [1.54, 1.807) is 6.92 Å². The summed E-state index contributed by atoms with van der Waals surface area (Å²) >= 11 is 0. The van der Waals surface area contributed by atoms with Gasteiger partial charge in [0.2, 0.25) is 0 Å². The van der Waals surface area contributed by atoms with Crippen LogP contribution in [0, 0.1) is 20.8 Å². The van der Waals surface area contributed by atoms with E-state index in [-0.39, 0.29) is 11.6 Å². The average Bonchev–Trinajstić information content (AvgIpc) is 2.64. The van der Waals surface area contributed by atoms with Crippen molar-refractivity contribution in [3.05, 3.63) is 40.7 Å². The maximum Gasteiger partial charge on any atom is 0.278 e. The smallest absolute Gasteiger partial charge is 0.278 e. The van der Waals surface area contributed by atoms with Gasteiger partial charge in [-0.3, -0.25) is 9.89 Å². The molecular formula is C13H16N4O. The lowest BCUT2D eigenvalue weighted by Crippen LogP contribution is -2.15. The van der Waals surface area contributed by atoms with Gasteiger partial charge in [0, 0.05) is 5.69 Å². The van der Waals surface area contributed by atoms with Crippen molar-refractivity contribution in [2.45, 2.75) is 20.8 Å². The number of benzene rings is 1. The van der Waals surface area contributed by atoms with Crippen LogP contribution >= 0.6 is 0 Å². The molecule has 0 bridgehead atoms. The van der Waals surface area contributed by atoms with Crippen LogP contribution in [0.3, 0.4) is 0 Å². The molecule has 0 saturated heterocycles. The van der Waals surface area contributed by atoms with Crippen LogP contribution in [0.25, 0.3) is 0 Å². The molecule has 4 N–H and O–H groups in total. The molecule has 2 rings (SSSR count). The molecular weight excluding hydrogens is 228 g/mol. The van der Waals surface area contributed by atoms with Gasteiger partial charge in [-0.1, -0.05) is 17.7 Å². The van der Waals surface area contributed by atoms with E-state index in [1.807, 2.05) is 32.0 Å². The van der Waals surface area contributed by atoms with Gasteiger partial charge >= 0.3 is 0 Å². The van der Waals surface area contributed by atoms with Gasteiger partial charge in [0.25, 0.3) is 5.91 Å². The van der Waals surface area contributed by atoms with Crippen molar-refractivity contribution in [1.29, 1.82) is 0 Å². The second kappa shape index (κ2) is 4.52. The first kappa shape index (κ1) is 12.2. The van der Waals surface area contributed by atoms with Gasteiger partial charge in [-0.05, 0) is 32.4 Å². The van der Waals surface area contributed by atoms with Crippen LogP contribution in [-0.4, -0.2) is 16.1 Å². The molecule has 18 heavy (non-hydrogen) atoms. The second-order valence-electron chi connectivity index (χ2n) is 4.38. The zero-order valence-electron chi connectivity index (χ0n) is 10.7. The summed E-state index contributed by atoms with van der Waals surface area (Å²) in [5.74, 6) is -0.302.